The summed E-state index contributed by atoms with van der Waals surface area (Å²) in [6.07, 6.45) is 4.16. The molecule has 3 aromatic rings. The van der Waals surface area contributed by atoms with Crippen molar-refractivity contribution in [3.63, 3.8) is 0 Å². The van der Waals surface area contributed by atoms with Gasteiger partial charge < -0.3 is 14.8 Å². The van der Waals surface area contributed by atoms with Gasteiger partial charge in [0, 0.05) is 18.2 Å². The van der Waals surface area contributed by atoms with Crippen molar-refractivity contribution in [1.82, 2.24) is 20.1 Å². The number of hydrogen-bond acceptors (Lipinski definition) is 5. The van der Waals surface area contributed by atoms with E-state index >= 15 is 0 Å². The van der Waals surface area contributed by atoms with Crippen molar-refractivity contribution in [3.8, 4) is 17.3 Å². The molecule has 162 valence electrons. The molecule has 0 unspecified atom stereocenters. The first kappa shape index (κ1) is 20.9. The van der Waals surface area contributed by atoms with Gasteiger partial charge in [-0.15, -0.1) is 0 Å². The molecule has 2 aromatic heterocycles. The Morgan fingerprint density at radius 2 is 2.10 bits per heavy atom. The second-order valence-electron chi connectivity index (χ2n) is 8.59. The average molecular weight is 421 g/mol. The van der Waals surface area contributed by atoms with Crippen LogP contribution in [0.3, 0.4) is 0 Å². The van der Waals surface area contributed by atoms with Gasteiger partial charge in [0.2, 0.25) is 0 Å². The highest BCUT2D eigenvalue weighted by atomic mass is 16.5. The fourth-order valence-corrected chi connectivity index (χ4v) is 3.87. The first-order valence-corrected chi connectivity index (χ1v) is 10.6. The summed E-state index contributed by atoms with van der Waals surface area (Å²) in [4.78, 5) is 17.2. The smallest absolute Gasteiger partial charge is 0.254 e. The third-order valence-corrected chi connectivity index (χ3v) is 5.16. The molecule has 0 spiro atoms. The Bertz CT molecular complexity index is 1070. The van der Waals surface area contributed by atoms with Gasteiger partial charge in [-0.25, -0.2) is 9.67 Å². The number of amides is 1. The maximum Gasteiger partial charge on any atom is 0.254 e. The van der Waals surface area contributed by atoms with E-state index in [1.54, 1.807) is 17.1 Å². The van der Waals surface area contributed by atoms with Crippen molar-refractivity contribution >= 4 is 5.91 Å². The number of hydrogen-bond donors (Lipinski definition) is 1. The predicted molar refractivity (Wildman–Crippen MR) is 118 cm³/mol. The molecule has 1 N–H and O–H groups in total. The van der Waals surface area contributed by atoms with Crippen LogP contribution in [0.1, 0.15) is 55.2 Å². The van der Waals surface area contributed by atoms with E-state index in [0.717, 1.165) is 23.4 Å². The van der Waals surface area contributed by atoms with Crippen molar-refractivity contribution in [1.29, 1.82) is 0 Å². The fraction of sp³-hybridized carbons (Fsp3) is 0.375. The van der Waals surface area contributed by atoms with E-state index < -0.39 is 0 Å². The number of carbonyl (C=O) groups is 1. The van der Waals surface area contributed by atoms with Gasteiger partial charge in [0.05, 0.1) is 24.0 Å². The summed E-state index contributed by atoms with van der Waals surface area (Å²) in [5.74, 6) is 2.13. The van der Waals surface area contributed by atoms with Crippen LogP contribution < -0.4 is 14.8 Å². The quantitative estimate of drug-likeness (QED) is 0.586. The lowest BCUT2D eigenvalue weighted by molar-refractivity contribution is 0.0945. The van der Waals surface area contributed by atoms with Gasteiger partial charge >= 0.3 is 0 Å². The van der Waals surface area contributed by atoms with Gasteiger partial charge in [-0.2, -0.15) is 5.10 Å². The number of pyridine rings is 1. The van der Waals surface area contributed by atoms with Crippen LogP contribution >= 0.6 is 0 Å². The van der Waals surface area contributed by atoms with Crippen LogP contribution in [0.25, 0.3) is 5.82 Å². The number of nitrogens with zero attached hydrogens (tertiary/aromatic N) is 3. The molecular formula is C24H28N4O3. The van der Waals surface area contributed by atoms with Crippen LogP contribution in [0.2, 0.25) is 0 Å². The van der Waals surface area contributed by atoms with E-state index in [1.807, 2.05) is 44.2 Å². The molecule has 3 heterocycles. The molecule has 0 radical (unpaired) electrons. The number of para-hydroxylation sites is 1. The van der Waals surface area contributed by atoms with Gasteiger partial charge in [-0.05, 0) is 38.0 Å². The molecule has 1 amide bonds. The van der Waals surface area contributed by atoms with E-state index in [2.05, 4.69) is 35.3 Å². The lowest BCUT2D eigenvalue weighted by atomic mass is 10.0. The van der Waals surface area contributed by atoms with Crippen molar-refractivity contribution < 1.29 is 14.3 Å². The molecule has 31 heavy (non-hydrogen) atoms. The molecule has 1 aliphatic heterocycles. The van der Waals surface area contributed by atoms with Crippen LogP contribution in [-0.2, 0) is 6.42 Å². The number of benzene rings is 1. The summed E-state index contributed by atoms with van der Waals surface area (Å²) in [5, 5.41) is 7.34. The Morgan fingerprint density at radius 1 is 1.26 bits per heavy atom. The van der Waals surface area contributed by atoms with Crippen molar-refractivity contribution in [2.24, 2.45) is 0 Å². The SMILES string of the molecule is CC(C)c1c(C(=O)NCCOc2cccc3c2OC(C)(C)C3)cnn1-c1ccccn1. The van der Waals surface area contributed by atoms with Gasteiger partial charge in [-0.1, -0.05) is 32.0 Å². The van der Waals surface area contributed by atoms with E-state index in [4.69, 9.17) is 9.47 Å². The molecule has 0 fully saturated rings. The highest BCUT2D eigenvalue weighted by Crippen LogP contribution is 2.41. The molecule has 0 saturated carbocycles. The molecule has 7 heteroatoms. The molecule has 4 rings (SSSR count). The van der Waals surface area contributed by atoms with E-state index in [1.165, 1.54) is 0 Å². The van der Waals surface area contributed by atoms with Gasteiger partial charge in [0.1, 0.15) is 12.2 Å². The summed E-state index contributed by atoms with van der Waals surface area (Å²) >= 11 is 0. The number of aromatic nitrogens is 3. The zero-order valence-electron chi connectivity index (χ0n) is 18.4. The Morgan fingerprint density at radius 3 is 2.84 bits per heavy atom. The van der Waals surface area contributed by atoms with E-state index in [-0.39, 0.29) is 17.4 Å². The van der Waals surface area contributed by atoms with Crippen LogP contribution in [0, 0.1) is 0 Å². The third kappa shape index (κ3) is 4.40. The predicted octanol–water partition coefficient (Wildman–Crippen LogP) is 3.91. The number of rotatable bonds is 7. The normalized spacial score (nSPS) is 14.2. The van der Waals surface area contributed by atoms with Gasteiger partial charge in [0.25, 0.3) is 5.91 Å². The van der Waals surface area contributed by atoms with Gasteiger partial charge in [-0.3, -0.25) is 4.79 Å². The number of ether oxygens (including phenoxy) is 2. The molecular weight excluding hydrogens is 392 g/mol. The first-order chi connectivity index (χ1) is 14.9. The van der Waals surface area contributed by atoms with Crippen LogP contribution in [-0.4, -0.2) is 39.4 Å². The zero-order valence-corrected chi connectivity index (χ0v) is 18.4. The standard InChI is InChI=1S/C24H28N4O3/c1-16(2)21-18(15-27-28(21)20-10-5-6-11-25-20)23(29)26-12-13-30-19-9-7-8-17-14-24(3,4)31-22(17)19/h5-11,15-16H,12-14H2,1-4H3,(H,26,29). The zero-order chi connectivity index (χ0) is 22.0. The molecule has 0 atom stereocenters. The Kier molecular flexibility index (Phi) is 5.67. The summed E-state index contributed by atoms with van der Waals surface area (Å²) in [7, 11) is 0. The summed E-state index contributed by atoms with van der Waals surface area (Å²) in [6.45, 7) is 8.92. The molecule has 1 aliphatic rings. The molecule has 0 bridgehead atoms. The Balaban J connectivity index is 1.40. The van der Waals surface area contributed by atoms with Crippen molar-refractivity contribution in [2.45, 2.75) is 45.6 Å². The Hall–Kier alpha value is -3.35. The second kappa shape index (κ2) is 8.41. The van der Waals surface area contributed by atoms with Crippen LogP contribution in [0.15, 0.2) is 48.8 Å². The second-order valence-corrected chi connectivity index (χ2v) is 8.59. The highest BCUT2D eigenvalue weighted by molar-refractivity contribution is 5.95. The Labute approximate surface area is 182 Å². The first-order valence-electron chi connectivity index (χ1n) is 10.6. The minimum atomic E-state index is -0.225. The topological polar surface area (TPSA) is 78.3 Å². The maximum absolute atomic E-state index is 12.8. The number of nitrogens with one attached hydrogen (secondary N) is 1. The molecule has 1 aromatic carbocycles. The largest absolute Gasteiger partial charge is 0.488 e. The average Bonchev–Trinajstić information content (AvgIpc) is 3.32. The third-order valence-electron chi connectivity index (χ3n) is 5.16. The summed E-state index contributed by atoms with van der Waals surface area (Å²) in [6, 6.07) is 11.6. The number of carbonyl (C=O) groups excluding carboxylic acids is 1. The van der Waals surface area contributed by atoms with E-state index in [9.17, 15) is 4.79 Å². The minimum absolute atomic E-state index is 0.105. The minimum Gasteiger partial charge on any atom is -0.488 e. The monoisotopic (exact) mass is 420 g/mol. The molecule has 0 saturated heterocycles. The van der Waals surface area contributed by atoms with Crippen molar-refractivity contribution in [2.75, 3.05) is 13.2 Å². The summed E-state index contributed by atoms with van der Waals surface area (Å²) in [5.41, 5.74) is 2.30. The lowest BCUT2D eigenvalue weighted by Crippen LogP contribution is -2.29. The van der Waals surface area contributed by atoms with Crippen LogP contribution in [0.5, 0.6) is 11.5 Å². The lowest BCUT2D eigenvalue weighted by Gasteiger charge is -2.18. The number of fused-ring (bicyclic) bond motifs is 1. The van der Waals surface area contributed by atoms with Gasteiger partial charge in [0.15, 0.2) is 17.3 Å². The molecule has 7 nitrogen and oxygen atoms in total. The highest BCUT2D eigenvalue weighted by Gasteiger charge is 2.32. The summed E-state index contributed by atoms with van der Waals surface area (Å²) < 4.78 is 13.7. The van der Waals surface area contributed by atoms with Crippen molar-refractivity contribution in [3.05, 3.63) is 65.6 Å². The fourth-order valence-electron chi connectivity index (χ4n) is 3.87. The van der Waals surface area contributed by atoms with Crippen LogP contribution in [0.4, 0.5) is 0 Å². The maximum atomic E-state index is 12.8. The van der Waals surface area contributed by atoms with E-state index in [0.29, 0.717) is 30.3 Å². The molecule has 0 aliphatic carbocycles.